The summed E-state index contributed by atoms with van der Waals surface area (Å²) in [6, 6.07) is 5.14. The van der Waals surface area contributed by atoms with Gasteiger partial charge in [0, 0.05) is 5.56 Å². The number of nitrogens with zero attached hydrogens (tertiary/aromatic N) is 1. The average molecular weight is 242 g/mol. The molecular weight excluding hydrogens is 234 g/mol. The van der Waals surface area contributed by atoms with Gasteiger partial charge in [-0.3, -0.25) is 4.79 Å². The molecule has 0 bridgehead atoms. The fraction of sp³-hybridized carbons (Fsp3) is 0.200. The normalized spacial score (nSPS) is 10.8. The Balaban J connectivity index is 2.50. The lowest BCUT2D eigenvalue weighted by Crippen LogP contribution is -1.99. The second-order valence-corrected chi connectivity index (χ2v) is 3.95. The summed E-state index contributed by atoms with van der Waals surface area (Å²) in [4.78, 5) is 15.5. The van der Waals surface area contributed by atoms with E-state index in [9.17, 15) is 4.79 Å². The van der Waals surface area contributed by atoms with Gasteiger partial charge in [0.1, 0.15) is 5.52 Å². The number of fused-ring (bicyclic) bond motifs is 1. The average Bonchev–Trinajstić information content (AvgIpc) is 2.69. The maximum Gasteiger partial charge on any atom is 0.256 e. The number of carbonyl (C=O) groups excluding carboxylic acids is 1. The number of hydrogen-bond donors (Lipinski definition) is 0. The Morgan fingerprint density at radius 2 is 2.40 bits per heavy atom. The van der Waals surface area contributed by atoms with E-state index in [1.54, 1.807) is 18.2 Å². The van der Waals surface area contributed by atoms with Crippen LogP contribution < -0.4 is 0 Å². The highest BCUT2D eigenvalue weighted by Gasteiger charge is 2.09. The highest BCUT2D eigenvalue weighted by Crippen LogP contribution is 2.22. The zero-order chi connectivity index (χ0) is 10.8. The largest absolute Gasteiger partial charge is 0.431 e. The van der Waals surface area contributed by atoms with Crippen LogP contribution in [-0.4, -0.2) is 22.9 Å². The van der Waals surface area contributed by atoms with Gasteiger partial charge in [0.05, 0.1) is 5.88 Å². The lowest BCUT2D eigenvalue weighted by molar-refractivity contribution is 0.102. The topological polar surface area (TPSA) is 43.1 Å². The SMILES string of the molecule is CSc1nc2ccc(C(=O)CCl)cc2o1. The van der Waals surface area contributed by atoms with Crippen molar-refractivity contribution in [1.82, 2.24) is 4.98 Å². The number of rotatable bonds is 3. The van der Waals surface area contributed by atoms with E-state index in [0.717, 1.165) is 5.52 Å². The molecule has 1 aromatic carbocycles. The van der Waals surface area contributed by atoms with Crippen molar-refractivity contribution < 1.29 is 9.21 Å². The second kappa shape index (κ2) is 4.24. The summed E-state index contributed by atoms with van der Waals surface area (Å²) in [5.74, 6) is -0.129. The van der Waals surface area contributed by atoms with Gasteiger partial charge in [0.2, 0.25) is 0 Å². The number of oxazole rings is 1. The molecule has 0 aliphatic heterocycles. The van der Waals surface area contributed by atoms with E-state index in [4.69, 9.17) is 16.0 Å². The summed E-state index contributed by atoms with van der Waals surface area (Å²) in [5, 5.41) is 0.598. The summed E-state index contributed by atoms with van der Waals surface area (Å²) in [5.41, 5.74) is 1.93. The highest BCUT2D eigenvalue weighted by molar-refractivity contribution is 7.98. The Labute approximate surface area is 95.8 Å². The minimum atomic E-state index is -0.110. The van der Waals surface area contributed by atoms with Crippen molar-refractivity contribution in [2.24, 2.45) is 0 Å². The van der Waals surface area contributed by atoms with Crippen LogP contribution in [-0.2, 0) is 0 Å². The van der Waals surface area contributed by atoms with Crippen molar-refractivity contribution in [3.8, 4) is 0 Å². The molecule has 0 aliphatic carbocycles. The quantitative estimate of drug-likeness (QED) is 0.471. The van der Waals surface area contributed by atoms with Gasteiger partial charge in [-0.25, -0.2) is 4.98 Å². The van der Waals surface area contributed by atoms with Crippen LogP contribution in [0.3, 0.4) is 0 Å². The van der Waals surface area contributed by atoms with Crippen LogP contribution in [0, 0.1) is 0 Å². The van der Waals surface area contributed by atoms with Crippen LogP contribution in [0.5, 0.6) is 0 Å². The minimum absolute atomic E-state index is 0.0188. The van der Waals surface area contributed by atoms with Crippen LogP contribution in [0.4, 0.5) is 0 Å². The Kier molecular flexibility index (Phi) is 2.98. The molecule has 0 atom stereocenters. The van der Waals surface area contributed by atoms with Gasteiger partial charge in [-0.2, -0.15) is 0 Å². The van der Waals surface area contributed by atoms with E-state index in [1.807, 2.05) is 6.26 Å². The van der Waals surface area contributed by atoms with Gasteiger partial charge < -0.3 is 4.42 Å². The van der Waals surface area contributed by atoms with Crippen molar-refractivity contribution >= 4 is 40.2 Å². The smallest absolute Gasteiger partial charge is 0.256 e. The number of alkyl halides is 1. The molecule has 2 rings (SSSR count). The standard InChI is InChI=1S/C10H8ClNO2S/c1-15-10-12-7-3-2-6(8(13)5-11)4-9(7)14-10/h2-4H,5H2,1H3. The fourth-order valence-corrected chi connectivity index (χ4v) is 1.76. The molecule has 0 aliphatic rings. The minimum Gasteiger partial charge on any atom is -0.431 e. The molecule has 2 aromatic rings. The molecule has 5 heteroatoms. The summed E-state index contributed by atoms with van der Waals surface area (Å²) in [6.07, 6.45) is 1.88. The molecule has 15 heavy (non-hydrogen) atoms. The summed E-state index contributed by atoms with van der Waals surface area (Å²) in [6.45, 7) is 0. The molecule has 0 saturated carbocycles. The van der Waals surface area contributed by atoms with E-state index < -0.39 is 0 Å². The van der Waals surface area contributed by atoms with Crippen LogP contribution in [0.2, 0.25) is 0 Å². The van der Waals surface area contributed by atoms with Gasteiger partial charge in [-0.05, 0) is 24.5 Å². The third-order valence-corrected chi connectivity index (χ3v) is 2.75. The predicted octanol–water partition coefficient (Wildman–Crippen LogP) is 2.97. The molecule has 0 saturated heterocycles. The van der Waals surface area contributed by atoms with Gasteiger partial charge in [0.15, 0.2) is 11.4 Å². The van der Waals surface area contributed by atoms with E-state index >= 15 is 0 Å². The second-order valence-electron chi connectivity index (χ2n) is 2.92. The van der Waals surface area contributed by atoms with Crippen LogP contribution in [0.1, 0.15) is 10.4 Å². The van der Waals surface area contributed by atoms with Crippen molar-refractivity contribution in [3.05, 3.63) is 23.8 Å². The number of benzene rings is 1. The van der Waals surface area contributed by atoms with E-state index in [1.165, 1.54) is 11.8 Å². The molecule has 0 unspecified atom stereocenters. The maximum atomic E-state index is 11.3. The first-order valence-corrected chi connectivity index (χ1v) is 6.04. The Hall–Kier alpha value is -1.00. The highest BCUT2D eigenvalue weighted by atomic mass is 35.5. The molecule has 78 valence electrons. The lowest BCUT2D eigenvalue weighted by atomic mass is 10.1. The first kappa shape index (κ1) is 10.5. The molecule has 0 amide bonds. The summed E-state index contributed by atoms with van der Waals surface area (Å²) < 4.78 is 5.41. The van der Waals surface area contributed by atoms with Gasteiger partial charge in [0.25, 0.3) is 5.22 Å². The molecule has 0 spiro atoms. The summed E-state index contributed by atoms with van der Waals surface area (Å²) >= 11 is 6.90. The van der Waals surface area contributed by atoms with Gasteiger partial charge in [-0.15, -0.1) is 11.6 Å². The van der Waals surface area contributed by atoms with E-state index in [-0.39, 0.29) is 11.7 Å². The molecule has 1 heterocycles. The Morgan fingerprint density at radius 1 is 1.60 bits per heavy atom. The molecule has 0 radical (unpaired) electrons. The number of carbonyl (C=O) groups is 1. The lowest BCUT2D eigenvalue weighted by Gasteiger charge is -1.94. The molecule has 0 N–H and O–H groups in total. The van der Waals surface area contributed by atoms with Crippen LogP contribution in [0.15, 0.2) is 27.8 Å². The molecule has 3 nitrogen and oxygen atoms in total. The summed E-state index contributed by atoms with van der Waals surface area (Å²) in [7, 11) is 0. The Bertz CT molecular complexity index is 509. The van der Waals surface area contributed by atoms with Crippen molar-refractivity contribution in [2.75, 3.05) is 12.1 Å². The zero-order valence-electron chi connectivity index (χ0n) is 7.99. The number of hydrogen-bond acceptors (Lipinski definition) is 4. The van der Waals surface area contributed by atoms with Gasteiger partial charge >= 0.3 is 0 Å². The maximum absolute atomic E-state index is 11.3. The number of Topliss-reactive ketones (excluding diaryl/α,β-unsaturated/α-hetero) is 1. The van der Waals surface area contributed by atoms with Crippen LogP contribution >= 0.6 is 23.4 Å². The molecule has 0 fully saturated rings. The third-order valence-electron chi connectivity index (χ3n) is 1.99. The monoisotopic (exact) mass is 241 g/mol. The Morgan fingerprint density at radius 3 is 3.07 bits per heavy atom. The van der Waals surface area contributed by atoms with Gasteiger partial charge in [-0.1, -0.05) is 11.8 Å². The molecule has 1 aromatic heterocycles. The predicted molar refractivity (Wildman–Crippen MR) is 60.8 cm³/mol. The van der Waals surface area contributed by atoms with Crippen molar-refractivity contribution in [2.45, 2.75) is 5.22 Å². The van der Waals surface area contributed by atoms with E-state index in [0.29, 0.717) is 16.4 Å². The third kappa shape index (κ3) is 2.01. The number of aromatic nitrogens is 1. The van der Waals surface area contributed by atoms with Crippen molar-refractivity contribution in [3.63, 3.8) is 0 Å². The number of ketones is 1. The van der Waals surface area contributed by atoms with Crippen LogP contribution in [0.25, 0.3) is 11.1 Å². The number of halogens is 1. The first-order chi connectivity index (χ1) is 7.24. The number of thioether (sulfide) groups is 1. The fourth-order valence-electron chi connectivity index (χ4n) is 1.24. The van der Waals surface area contributed by atoms with E-state index in [2.05, 4.69) is 4.98 Å². The zero-order valence-corrected chi connectivity index (χ0v) is 9.56. The molecular formula is C10H8ClNO2S. The first-order valence-electron chi connectivity index (χ1n) is 4.28. The van der Waals surface area contributed by atoms with Crippen molar-refractivity contribution in [1.29, 1.82) is 0 Å².